The summed E-state index contributed by atoms with van der Waals surface area (Å²) in [6.07, 6.45) is 3.41. The molecular weight excluding hydrogens is 528 g/mol. The van der Waals surface area contributed by atoms with Gasteiger partial charge >= 0.3 is 6.03 Å². The number of nitrogens with zero attached hydrogens (tertiary/aromatic N) is 5. The molecule has 220 valence electrons. The number of amides is 3. The van der Waals surface area contributed by atoms with Crippen LogP contribution in [0.5, 0.6) is 0 Å². The molecule has 2 fully saturated rings. The van der Waals surface area contributed by atoms with Gasteiger partial charge in [0.25, 0.3) is 12.4 Å². The molecule has 2 aromatic heterocycles. The molecule has 2 aliphatic rings. The number of carbonyl (C=O) groups excluding carboxylic acids is 2. The number of likely N-dealkylation sites (tertiary alicyclic amines) is 1. The smallest absolute Gasteiger partial charge is 0.314 e. The van der Waals surface area contributed by atoms with Crippen molar-refractivity contribution in [2.45, 2.75) is 45.8 Å². The fourth-order valence-corrected chi connectivity index (χ4v) is 5.22. The Morgan fingerprint density at radius 2 is 1.80 bits per heavy atom. The number of piperidine rings is 1. The van der Waals surface area contributed by atoms with Gasteiger partial charge in [0.15, 0.2) is 5.65 Å². The minimum absolute atomic E-state index is 0.136. The number of nitrogens with two attached hydrogens (primary N) is 1. The van der Waals surface area contributed by atoms with Gasteiger partial charge in [0, 0.05) is 67.8 Å². The molecule has 2 aliphatic heterocycles. The lowest BCUT2D eigenvalue weighted by Crippen LogP contribution is -2.44. The predicted molar refractivity (Wildman–Crippen MR) is 155 cm³/mol. The Hall–Kier alpha value is -4.39. The monoisotopic (exact) mass is 566 g/mol. The number of aryl methyl sites for hydroxylation is 2. The van der Waals surface area contributed by atoms with Crippen LogP contribution in [0.4, 0.5) is 16.2 Å². The third-order valence-electron chi connectivity index (χ3n) is 7.48. The summed E-state index contributed by atoms with van der Waals surface area (Å²) < 4.78 is 7.31. The van der Waals surface area contributed by atoms with Gasteiger partial charge in [0.05, 0.1) is 30.5 Å². The van der Waals surface area contributed by atoms with Crippen molar-refractivity contribution >= 4 is 40.8 Å². The third kappa shape index (κ3) is 7.04. The SMILES string of the molecule is CCn1ncc2c(NC3CCN(C(N)=O)CC3)c(CNC(=O)c3ccc(N4CCOCC4)cc3)c(C)nc21.O=CO. The van der Waals surface area contributed by atoms with Gasteiger partial charge in [-0.25, -0.2) is 14.5 Å². The first kappa shape index (κ1) is 29.6. The molecule has 0 saturated carbocycles. The molecule has 0 radical (unpaired) electrons. The molecule has 0 spiro atoms. The summed E-state index contributed by atoms with van der Waals surface area (Å²) in [5, 5.41) is 19.1. The van der Waals surface area contributed by atoms with Crippen LogP contribution < -0.4 is 21.3 Å². The molecule has 4 heterocycles. The summed E-state index contributed by atoms with van der Waals surface area (Å²) in [6, 6.07) is 7.50. The van der Waals surface area contributed by atoms with Crippen molar-refractivity contribution in [1.29, 1.82) is 0 Å². The van der Waals surface area contributed by atoms with Crippen molar-refractivity contribution in [1.82, 2.24) is 25.0 Å². The summed E-state index contributed by atoms with van der Waals surface area (Å²) in [5.74, 6) is -0.136. The van der Waals surface area contributed by atoms with E-state index in [-0.39, 0.29) is 24.5 Å². The molecule has 5 N–H and O–H groups in total. The number of pyridine rings is 1. The van der Waals surface area contributed by atoms with Gasteiger partial charge in [-0.1, -0.05) is 0 Å². The molecule has 0 aliphatic carbocycles. The van der Waals surface area contributed by atoms with Gasteiger partial charge in [0.1, 0.15) is 0 Å². The molecule has 3 aromatic rings. The number of hydrogen-bond donors (Lipinski definition) is 4. The van der Waals surface area contributed by atoms with E-state index in [0.29, 0.717) is 31.7 Å². The van der Waals surface area contributed by atoms with Crippen molar-refractivity contribution in [2.24, 2.45) is 5.73 Å². The van der Waals surface area contributed by atoms with E-state index >= 15 is 0 Å². The lowest BCUT2D eigenvalue weighted by Gasteiger charge is -2.32. The van der Waals surface area contributed by atoms with Crippen LogP contribution in [0.1, 0.15) is 41.4 Å². The molecule has 2 saturated heterocycles. The fourth-order valence-electron chi connectivity index (χ4n) is 5.22. The number of carboxylic acid groups (broad SMARTS) is 1. The van der Waals surface area contributed by atoms with Crippen molar-refractivity contribution < 1.29 is 24.2 Å². The van der Waals surface area contributed by atoms with Crippen LogP contribution in [-0.4, -0.2) is 88.6 Å². The quantitative estimate of drug-likeness (QED) is 0.313. The maximum atomic E-state index is 13.1. The zero-order chi connectivity index (χ0) is 29.4. The van der Waals surface area contributed by atoms with Crippen LogP contribution in [0.3, 0.4) is 0 Å². The highest BCUT2D eigenvalue weighted by Gasteiger charge is 2.24. The van der Waals surface area contributed by atoms with Crippen molar-refractivity contribution in [2.75, 3.05) is 49.6 Å². The van der Waals surface area contributed by atoms with E-state index in [4.69, 9.17) is 25.4 Å². The molecular formula is C28H38N8O5. The Bertz CT molecular complexity index is 1350. The van der Waals surface area contributed by atoms with Crippen LogP contribution in [-0.2, 0) is 22.6 Å². The highest BCUT2D eigenvalue weighted by molar-refractivity contribution is 5.95. The largest absolute Gasteiger partial charge is 0.483 e. The third-order valence-corrected chi connectivity index (χ3v) is 7.48. The second-order valence-electron chi connectivity index (χ2n) is 9.93. The van der Waals surface area contributed by atoms with E-state index in [9.17, 15) is 9.59 Å². The molecule has 0 bridgehead atoms. The Kier molecular flexibility index (Phi) is 9.95. The molecule has 41 heavy (non-hydrogen) atoms. The van der Waals surface area contributed by atoms with Gasteiger partial charge < -0.3 is 36.0 Å². The lowest BCUT2D eigenvalue weighted by molar-refractivity contribution is -0.122. The maximum Gasteiger partial charge on any atom is 0.314 e. The van der Waals surface area contributed by atoms with Crippen LogP contribution in [0, 0.1) is 6.92 Å². The second kappa shape index (κ2) is 13.8. The molecule has 1 aromatic carbocycles. The number of carbonyl (C=O) groups is 3. The number of primary amides is 1. The Labute approximate surface area is 238 Å². The number of hydrogen-bond acceptors (Lipinski definition) is 8. The first-order valence-corrected chi connectivity index (χ1v) is 13.8. The standard InChI is InChI=1S/C27H36N8O3.CH2O2/c1-3-35-25-23(17-30-35)24(32-20-8-10-34(11-9-20)27(28)37)22(18(2)31-25)16-29-26(36)19-4-6-21(7-5-19)33-12-14-38-15-13-33;2-1-3/h4-7,17,20H,3,8-16H2,1-2H3,(H2,28,37)(H,29,36)(H,31,32);1H,(H,2,3). The van der Waals surface area contributed by atoms with E-state index in [1.165, 1.54) is 0 Å². The van der Waals surface area contributed by atoms with E-state index in [2.05, 4.69) is 20.6 Å². The van der Waals surface area contributed by atoms with Crippen molar-refractivity contribution in [3.8, 4) is 0 Å². The first-order valence-electron chi connectivity index (χ1n) is 13.8. The number of fused-ring (bicyclic) bond motifs is 1. The number of ether oxygens (including phenoxy) is 1. The van der Waals surface area contributed by atoms with Crippen LogP contribution >= 0.6 is 0 Å². The topological polar surface area (TPSA) is 168 Å². The fraction of sp³-hybridized carbons (Fsp3) is 0.464. The second-order valence-corrected chi connectivity index (χ2v) is 9.93. The minimum atomic E-state index is -0.379. The van der Waals surface area contributed by atoms with E-state index < -0.39 is 0 Å². The molecule has 5 rings (SSSR count). The number of rotatable bonds is 7. The first-order chi connectivity index (χ1) is 19.9. The Morgan fingerprint density at radius 1 is 1.15 bits per heavy atom. The minimum Gasteiger partial charge on any atom is -0.483 e. The van der Waals surface area contributed by atoms with Gasteiger partial charge in [-0.15, -0.1) is 0 Å². The van der Waals surface area contributed by atoms with Crippen molar-refractivity contribution in [3.63, 3.8) is 0 Å². The zero-order valence-electron chi connectivity index (χ0n) is 23.5. The average molecular weight is 567 g/mol. The number of nitrogens with one attached hydrogen (secondary N) is 2. The number of benzene rings is 1. The summed E-state index contributed by atoms with van der Waals surface area (Å²) in [6.45, 7) is 9.16. The van der Waals surface area contributed by atoms with Gasteiger partial charge in [-0.2, -0.15) is 5.10 Å². The highest BCUT2D eigenvalue weighted by Crippen LogP contribution is 2.31. The van der Waals surface area contributed by atoms with Gasteiger partial charge in [-0.3, -0.25) is 9.59 Å². The summed E-state index contributed by atoms with van der Waals surface area (Å²) in [5.41, 5.74) is 10.7. The number of morpholine rings is 1. The zero-order valence-corrected chi connectivity index (χ0v) is 23.5. The Balaban J connectivity index is 0.00000124. The summed E-state index contributed by atoms with van der Waals surface area (Å²) in [4.78, 5) is 41.8. The van der Waals surface area contributed by atoms with Gasteiger partial charge in [0.2, 0.25) is 0 Å². The highest BCUT2D eigenvalue weighted by atomic mass is 16.5. The van der Waals surface area contributed by atoms with Crippen LogP contribution in [0.15, 0.2) is 30.5 Å². The average Bonchev–Trinajstić information content (AvgIpc) is 3.40. The lowest BCUT2D eigenvalue weighted by atomic mass is 10.0. The normalized spacial score (nSPS) is 15.7. The van der Waals surface area contributed by atoms with E-state index in [0.717, 1.165) is 72.8 Å². The summed E-state index contributed by atoms with van der Waals surface area (Å²) >= 11 is 0. The Morgan fingerprint density at radius 3 is 2.41 bits per heavy atom. The molecule has 13 nitrogen and oxygen atoms in total. The van der Waals surface area contributed by atoms with Crippen molar-refractivity contribution in [3.05, 3.63) is 47.3 Å². The molecule has 0 atom stereocenters. The maximum absolute atomic E-state index is 13.1. The number of anilines is 2. The molecule has 13 heteroatoms. The van der Waals surface area contributed by atoms with Gasteiger partial charge in [-0.05, 0) is 51.0 Å². The number of aromatic nitrogens is 3. The predicted octanol–water partition coefficient (Wildman–Crippen LogP) is 2.18. The number of urea groups is 1. The van der Waals surface area contributed by atoms with Crippen LogP contribution in [0.25, 0.3) is 11.0 Å². The van der Waals surface area contributed by atoms with E-state index in [1.54, 1.807) is 4.90 Å². The van der Waals surface area contributed by atoms with E-state index in [1.807, 2.05) is 49.0 Å². The molecule has 0 unspecified atom stereocenters. The van der Waals surface area contributed by atoms with Crippen LogP contribution in [0.2, 0.25) is 0 Å². The summed E-state index contributed by atoms with van der Waals surface area (Å²) in [7, 11) is 0. The molecule has 3 amide bonds.